The molecule has 0 saturated heterocycles. The van der Waals surface area contributed by atoms with E-state index < -0.39 is 96.6 Å². The monoisotopic (exact) mass is 640 g/mol. The number of benzene rings is 2. The van der Waals surface area contributed by atoms with Gasteiger partial charge in [0.1, 0.15) is 0 Å². The van der Waals surface area contributed by atoms with Crippen molar-refractivity contribution in [3.8, 4) is 0 Å². The average molecular weight is 641 g/mol. The van der Waals surface area contributed by atoms with Crippen LogP contribution in [0.1, 0.15) is 36.0 Å². The Bertz CT molecular complexity index is 1520. The van der Waals surface area contributed by atoms with Gasteiger partial charge in [-0.3, -0.25) is 4.79 Å². The number of sulfone groups is 1. The maximum atomic E-state index is 13.7. The van der Waals surface area contributed by atoms with Gasteiger partial charge in [0.05, 0.1) is 39.2 Å². The molecule has 0 aliphatic heterocycles. The van der Waals surface area contributed by atoms with Gasteiger partial charge >= 0.3 is 0 Å². The summed E-state index contributed by atoms with van der Waals surface area (Å²) in [5.41, 5.74) is -2.13. The Morgan fingerprint density at radius 3 is 2.20 bits per heavy atom. The fourth-order valence-corrected chi connectivity index (χ4v) is 9.20. The topological polar surface area (TPSA) is 170 Å². The first kappa shape index (κ1) is 31.7. The maximum absolute atomic E-state index is 13.7. The van der Waals surface area contributed by atoms with Crippen molar-refractivity contribution in [1.82, 2.24) is 4.72 Å². The molecule has 2 bridgehead atoms. The Morgan fingerprint density at radius 1 is 1.05 bits per heavy atom. The number of hydrogen-bond acceptors (Lipinski definition) is 8. The number of halogens is 4. The number of sulfonamides is 1. The van der Waals surface area contributed by atoms with Crippen LogP contribution in [0.25, 0.3) is 0 Å². The second-order valence-electron chi connectivity index (χ2n) is 10.4. The van der Waals surface area contributed by atoms with E-state index in [4.69, 9.17) is 16.7 Å². The third-order valence-corrected chi connectivity index (χ3v) is 11.8. The van der Waals surface area contributed by atoms with Gasteiger partial charge in [-0.1, -0.05) is 11.6 Å². The zero-order valence-electron chi connectivity index (χ0n) is 21.4. The highest BCUT2D eigenvalue weighted by Gasteiger charge is 2.56. The number of fused-ring (bicyclic) bond motifs is 2. The third-order valence-electron chi connectivity index (χ3n) is 7.75. The van der Waals surface area contributed by atoms with Crippen molar-refractivity contribution < 1.29 is 50.1 Å². The molecule has 41 heavy (non-hydrogen) atoms. The molecule has 5 N–H and O–H groups in total. The highest BCUT2D eigenvalue weighted by atomic mass is 35.5. The standard InChI is InChI=1S/C25H28ClF3N2O8S2/c26-19-4-1-13(24(34)31-16-8-20(27)23(29)21(28)9-16)5-22(19)41(38,39)18-6-14-2-3-15(7-18)25(14,35)12-30-40(36,37)11-17(33)10-32/h1,4-5,8-9,14-15,17-18,30,32-33,35H,2-3,6-7,10-12H2,(H,31,34)/t14-,15?,17?,18-,25-/m0/s1. The number of rotatable bonds is 10. The fourth-order valence-electron chi connectivity index (χ4n) is 5.62. The van der Waals surface area contributed by atoms with E-state index in [1.54, 1.807) is 0 Å². The molecule has 2 aromatic carbocycles. The van der Waals surface area contributed by atoms with Crippen molar-refractivity contribution in [2.45, 2.75) is 47.5 Å². The molecule has 1 amide bonds. The smallest absolute Gasteiger partial charge is 0.255 e. The molecule has 16 heteroatoms. The largest absolute Gasteiger partial charge is 0.394 e. The number of hydrogen-bond donors (Lipinski definition) is 5. The highest BCUT2D eigenvalue weighted by molar-refractivity contribution is 7.92. The van der Waals surface area contributed by atoms with Crippen LogP contribution in [0.5, 0.6) is 0 Å². The summed E-state index contributed by atoms with van der Waals surface area (Å²) in [7, 11) is -8.21. The second kappa shape index (κ2) is 11.8. The molecule has 10 nitrogen and oxygen atoms in total. The van der Waals surface area contributed by atoms with E-state index in [0.29, 0.717) is 25.0 Å². The second-order valence-corrected chi connectivity index (χ2v) is 14.8. The van der Waals surface area contributed by atoms with E-state index in [1.807, 2.05) is 0 Å². The van der Waals surface area contributed by atoms with E-state index >= 15 is 0 Å². The summed E-state index contributed by atoms with van der Waals surface area (Å²) in [6, 6.07) is 4.54. The van der Waals surface area contributed by atoms with Gasteiger partial charge in [-0.25, -0.2) is 34.7 Å². The lowest BCUT2D eigenvalue weighted by atomic mass is 9.74. The van der Waals surface area contributed by atoms with Crippen LogP contribution in [0.15, 0.2) is 35.2 Å². The van der Waals surface area contributed by atoms with Gasteiger partial charge < -0.3 is 20.6 Å². The molecule has 226 valence electrons. The number of anilines is 1. The van der Waals surface area contributed by atoms with Crippen molar-refractivity contribution >= 4 is 43.1 Å². The van der Waals surface area contributed by atoms with Crippen LogP contribution in [-0.4, -0.2) is 73.9 Å². The van der Waals surface area contributed by atoms with Gasteiger partial charge in [0.25, 0.3) is 5.91 Å². The Labute approximate surface area is 239 Å². The lowest BCUT2D eigenvalue weighted by Crippen LogP contribution is -2.55. The first-order valence-corrected chi connectivity index (χ1v) is 16.1. The van der Waals surface area contributed by atoms with E-state index in [0.717, 1.165) is 6.07 Å². The molecule has 2 aliphatic rings. The number of carbonyl (C=O) groups is 1. The van der Waals surface area contributed by atoms with Crippen LogP contribution in [-0.2, 0) is 19.9 Å². The van der Waals surface area contributed by atoms with Gasteiger partial charge in [0, 0.05) is 29.9 Å². The summed E-state index contributed by atoms with van der Waals surface area (Å²) < 4.78 is 94.3. The zero-order valence-corrected chi connectivity index (χ0v) is 23.7. The molecule has 4 rings (SSSR count). The minimum Gasteiger partial charge on any atom is -0.394 e. The van der Waals surface area contributed by atoms with Crippen molar-refractivity contribution in [1.29, 1.82) is 0 Å². The minimum absolute atomic E-state index is 0.0167. The van der Waals surface area contributed by atoms with Gasteiger partial charge in [-0.2, -0.15) is 0 Å². The Kier molecular flexibility index (Phi) is 9.10. The van der Waals surface area contributed by atoms with E-state index in [1.165, 1.54) is 12.1 Å². The average Bonchev–Trinajstić information content (AvgIpc) is 3.05. The lowest BCUT2D eigenvalue weighted by Gasteiger charge is -2.42. The van der Waals surface area contributed by atoms with E-state index in [9.17, 15) is 45.0 Å². The molecule has 0 radical (unpaired) electrons. The summed E-state index contributed by atoms with van der Waals surface area (Å²) in [6.45, 7) is -1.15. The molecular formula is C25H28ClF3N2O8S2. The van der Waals surface area contributed by atoms with Crippen molar-refractivity contribution in [3.05, 3.63) is 58.4 Å². The summed E-state index contributed by atoms with van der Waals surface area (Å²) in [4.78, 5) is 12.4. The summed E-state index contributed by atoms with van der Waals surface area (Å²) >= 11 is 6.21. The van der Waals surface area contributed by atoms with E-state index in [-0.39, 0.29) is 28.3 Å². The normalized spacial score (nSPS) is 25.2. The van der Waals surface area contributed by atoms with Crippen LogP contribution in [0.4, 0.5) is 18.9 Å². The van der Waals surface area contributed by atoms with Crippen LogP contribution >= 0.6 is 11.6 Å². The van der Waals surface area contributed by atoms with Crippen molar-refractivity contribution in [2.75, 3.05) is 24.2 Å². The predicted octanol–water partition coefficient (Wildman–Crippen LogP) is 1.98. The number of aliphatic hydroxyl groups is 3. The fraction of sp³-hybridized carbons (Fsp3) is 0.480. The number of carbonyl (C=O) groups excluding carboxylic acids is 1. The Balaban J connectivity index is 1.51. The quantitative estimate of drug-likeness (QED) is 0.246. The SMILES string of the molecule is O=C(Nc1cc(F)c(F)c(F)c1)c1ccc(Cl)c(S(=O)(=O)[C@@H]2CC3CC[C@@H](C2)[C@@]3(O)CNS(=O)(=O)CC(O)CO)c1. The third kappa shape index (κ3) is 6.55. The number of nitrogens with one attached hydrogen (secondary N) is 2. The Hall–Kier alpha value is -2.27. The molecule has 2 unspecified atom stereocenters. The summed E-state index contributed by atoms with van der Waals surface area (Å²) in [5.74, 6) is -7.63. The molecule has 2 aliphatic carbocycles. The van der Waals surface area contributed by atoms with Crippen molar-refractivity contribution in [2.24, 2.45) is 11.8 Å². The molecule has 0 heterocycles. The summed E-state index contributed by atoms with van der Waals surface area (Å²) in [5, 5.41) is 30.7. The number of amides is 1. The highest BCUT2D eigenvalue weighted by Crippen LogP contribution is 2.52. The zero-order chi connectivity index (χ0) is 30.3. The van der Waals surface area contributed by atoms with Gasteiger partial charge in [0.2, 0.25) is 10.0 Å². The van der Waals surface area contributed by atoms with Gasteiger partial charge in [-0.15, -0.1) is 0 Å². The van der Waals surface area contributed by atoms with Crippen LogP contribution in [0.2, 0.25) is 5.02 Å². The molecular weight excluding hydrogens is 613 g/mol. The molecule has 2 aromatic rings. The number of aliphatic hydroxyl groups excluding tert-OH is 2. The molecule has 0 aromatic heterocycles. The summed E-state index contributed by atoms with van der Waals surface area (Å²) in [6.07, 6.45) is -0.654. The molecule has 2 fully saturated rings. The molecule has 5 atom stereocenters. The molecule has 0 spiro atoms. The van der Waals surface area contributed by atoms with Gasteiger partial charge in [-0.05, 0) is 55.7 Å². The maximum Gasteiger partial charge on any atom is 0.255 e. The molecule has 2 saturated carbocycles. The first-order valence-electron chi connectivity index (χ1n) is 12.6. The van der Waals surface area contributed by atoms with Crippen LogP contribution in [0.3, 0.4) is 0 Å². The van der Waals surface area contributed by atoms with E-state index in [2.05, 4.69) is 10.0 Å². The van der Waals surface area contributed by atoms with Crippen LogP contribution in [0, 0.1) is 29.3 Å². The van der Waals surface area contributed by atoms with Crippen LogP contribution < -0.4 is 10.0 Å². The Morgan fingerprint density at radius 2 is 1.63 bits per heavy atom. The predicted molar refractivity (Wildman–Crippen MR) is 142 cm³/mol. The lowest BCUT2D eigenvalue weighted by molar-refractivity contribution is -0.0526. The minimum atomic E-state index is -4.17. The van der Waals surface area contributed by atoms with Gasteiger partial charge in [0.15, 0.2) is 27.3 Å². The van der Waals surface area contributed by atoms with Crippen molar-refractivity contribution in [3.63, 3.8) is 0 Å². The first-order chi connectivity index (χ1) is 19.1.